The van der Waals surface area contributed by atoms with E-state index in [4.69, 9.17) is 0 Å². The van der Waals surface area contributed by atoms with Crippen LogP contribution in [0.1, 0.15) is 36.6 Å². The molecule has 1 fully saturated rings. The average Bonchev–Trinajstić information content (AvgIpc) is 3.22. The van der Waals surface area contributed by atoms with Crippen LogP contribution < -0.4 is 10.6 Å². The van der Waals surface area contributed by atoms with Crippen LogP contribution in [0.15, 0.2) is 48.5 Å². The number of nitrogens with zero attached hydrogens (tertiary/aromatic N) is 4. The first-order valence-corrected chi connectivity index (χ1v) is 10.4. The van der Waals surface area contributed by atoms with E-state index >= 15 is 0 Å². The van der Waals surface area contributed by atoms with Gasteiger partial charge in [0.05, 0.1) is 17.1 Å². The molecule has 0 aliphatic carbocycles. The first-order valence-electron chi connectivity index (χ1n) is 10.4. The van der Waals surface area contributed by atoms with Gasteiger partial charge in [0, 0.05) is 10.9 Å². The van der Waals surface area contributed by atoms with Crippen LogP contribution in [0, 0.1) is 0 Å². The third-order valence-electron chi connectivity index (χ3n) is 5.53. The van der Waals surface area contributed by atoms with Crippen LogP contribution in [0.25, 0.3) is 22.3 Å². The normalized spacial score (nSPS) is 16.9. The highest BCUT2D eigenvalue weighted by Gasteiger charge is 2.34. The maximum Gasteiger partial charge on any atom is 0.417 e. The molecule has 3 N–H and O–H groups in total. The number of benzene rings is 2. The van der Waals surface area contributed by atoms with Crippen LogP contribution in [0.5, 0.6) is 0 Å². The second-order valence-electron chi connectivity index (χ2n) is 7.66. The Balaban J connectivity index is 1.61. The number of alkyl halides is 3. The van der Waals surface area contributed by atoms with Crippen LogP contribution >= 0.6 is 0 Å². The summed E-state index contributed by atoms with van der Waals surface area (Å²) in [6.07, 6.45) is -1.62. The van der Waals surface area contributed by atoms with Gasteiger partial charge in [-0.2, -0.15) is 18.3 Å². The predicted octanol–water partition coefficient (Wildman–Crippen LogP) is 4.99. The number of aromatic nitrogens is 5. The molecule has 0 saturated carbocycles. The molecule has 5 rings (SSSR count). The minimum atomic E-state index is -4.53. The summed E-state index contributed by atoms with van der Waals surface area (Å²) in [4.78, 5) is 4.50. The standard InChI is InChI=1S/C22H20F3N7/c23-22(24,25)15-9-3-1-7-13(15)19-27-21(18(30-32-19)17-11-5-6-12-26-17)28-20-14-8-2-4-10-16(14)29-31-20/h1-4,7-10,17,26H,5-6,11-12H2,(H2,27,28,29,31,32). The van der Waals surface area contributed by atoms with Crippen molar-refractivity contribution in [2.45, 2.75) is 31.5 Å². The summed E-state index contributed by atoms with van der Waals surface area (Å²) in [7, 11) is 0. The maximum absolute atomic E-state index is 13.6. The van der Waals surface area contributed by atoms with Crippen molar-refractivity contribution in [3.05, 3.63) is 59.8 Å². The van der Waals surface area contributed by atoms with Crippen molar-refractivity contribution < 1.29 is 13.2 Å². The van der Waals surface area contributed by atoms with E-state index in [9.17, 15) is 13.2 Å². The smallest absolute Gasteiger partial charge is 0.321 e. The highest BCUT2D eigenvalue weighted by Crippen LogP contribution is 2.37. The second-order valence-corrected chi connectivity index (χ2v) is 7.66. The van der Waals surface area contributed by atoms with Crippen LogP contribution in [0.4, 0.5) is 24.8 Å². The Labute approximate surface area is 181 Å². The SMILES string of the molecule is FC(F)(F)c1ccccc1-c1nnc(C2CCCCN2)c(Nc2n[nH]c3ccccc23)n1. The number of rotatable bonds is 4. The van der Waals surface area contributed by atoms with E-state index in [0.717, 1.165) is 42.8 Å². The van der Waals surface area contributed by atoms with Gasteiger partial charge in [0.2, 0.25) is 0 Å². The Bertz CT molecular complexity index is 1250. The van der Waals surface area contributed by atoms with E-state index < -0.39 is 11.7 Å². The Hall–Kier alpha value is -3.53. The van der Waals surface area contributed by atoms with E-state index in [2.05, 4.69) is 36.0 Å². The number of para-hydroxylation sites is 1. The Morgan fingerprint density at radius 1 is 0.938 bits per heavy atom. The molecule has 1 atom stereocenters. The van der Waals surface area contributed by atoms with Crippen LogP contribution in [-0.2, 0) is 6.18 Å². The minimum absolute atomic E-state index is 0.0941. The molecule has 7 nitrogen and oxygen atoms in total. The molecule has 32 heavy (non-hydrogen) atoms. The van der Waals surface area contributed by atoms with E-state index in [1.807, 2.05) is 24.3 Å². The summed E-state index contributed by atoms with van der Waals surface area (Å²) < 4.78 is 40.7. The summed E-state index contributed by atoms with van der Waals surface area (Å²) >= 11 is 0. The predicted molar refractivity (Wildman–Crippen MR) is 114 cm³/mol. The molecule has 0 bridgehead atoms. The molecule has 0 radical (unpaired) electrons. The van der Waals surface area contributed by atoms with E-state index in [1.54, 1.807) is 0 Å². The summed E-state index contributed by atoms with van der Waals surface area (Å²) in [5, 5.41) is 23.1. The number of piperidine rings is 1. The van der Waals surface area contributed by atoms with Crippen LogP contribution in [-0.4, -0.2) is 31.9 Å². The average molecular weight is 439 g/mol. The topological polar surface area (TPSA) is 91.4 Å². The zero-order valence-corrected chi connectivity index (χ0v) is 16.9. The number of halogens is 3. The second kappa shape index (κ2) is 8.19. The summed E-state index contributed by atoms with van der Waals surface area (Å²) in [6.45, 7) is 0.829. The van der Waals surface area contributed by atoms with Gasteiger partial charge < -0.3 is 10.6 Å². The fourth-order valence-electron chi connectivity index (χ4n) is 3.96. The fourth-order valence-corrected chi connectivity index (χ4v) is 3.96. The monoisotopic (exact) mass is 439 g/mol. The summed E-state index contributed by atoms with van der Waals surface area (Å²) in [6, 6.07) is 12.7. The Morgan fingerprint density at radius 3 is 2.56 bits per heavy atom. The number of anilines is 2. The third-order valence-corrected chi connectivity index (χ3v) is 5.53. The number of hydrogen-bond donors (Lipinski definition) is 3. The molecule has 2 aromatic carbocycles. The van der Waals surface area contributed by atoms with Crippen molar-refractivity contribution in [2.24, 2.45) is 0 Å². The lowest BCUT2D eigenvalue weighted by molar-refractivity contribution is -0.137. The van der Waals surface area contributed by atoms with Crippen LogP contribution in [0.2, 0.25) is 0 Å². The lowest BCUT2D eigenvalue weighted by Crippen LogP contribution is -2.29. The molecule has 0 spiro atoms. The first kappa shape index (κ1) is 20.4. The van der Waals surface area contributed by atoms with Crippen molar-refractivity contribution in [3.63, 3.8) is 0 Å². The van der Waals surface area contributed by atoms with Gasteiger partial charge in [-0.3, -0.25) is 5.10 Å². The number of H-pyrrole nitrogens is 1. The van der Waals surface area contributed by atoms with E-state index in [-0.39, 0.29) is 17.4 Å². The summed E-state index contributed by atoms with van der Waals surface area (Å²) in [5.41, 5.74) is 0.467. The molecule has 164 valence electrons. The molecule has 0 amide bonds. The van der Waals surface area contributed by atoms with Crippen molar-refractivity contribution >= 4 is 22.5 Å². The maximum atomic E-state index is 13.6. The van der Waals surface area contributed by atoms with E-state index in [1.165, 1.54) is 18.2 Å². The lowest BCUT2D eigenvalue weighted by atomic mass is 10.0. The van der Waals surface area contributed by atoms with Gasteiger partial charge in [0.1, 0.15) is 5.69 Å². The zero-order chi connectivity index (χ0) is 22.1. The van der Waals surface area contributed by atoms with Crippen molar-refractivity contribution in [2.75, 3.05) is 11.9 Å². The third kappa shape index (κ3) is 3.89. The molecule has 1 unspecified atom stereocenters. The van der Waals surface area contributed by atoms with Gasteiger partial charge in [-0.15, -0.1) is 10.2 Å². The molecule has 1 saturated heterocycles. The van der Waals surface area contributed by atoms with Gasteiger partial charge in [-0.25, -0.2) is 4.98 Å². The van der Waals surface area contributed by atoms with Gasteiger partial charge >= 0.3 is 6.18 Å². The number of aromatic amines is 1. The molecule has 4 aromatic rings. The summed E-state index contributed by atoms with van der Waals surface area (Å²) in [5.74, 6) is 0.761. The molecule has 1 aliphatic rings. The van der Waals surface area contributed by atoms with Crippen LogP contribution in [0.3, 0.4) is 0 Å². The van der Waals surface area contributed by atoms with Gasteiger partial charge in [-0.05, 0) is 37.6 Å². The quantitative estimate of drug-likeness (QED) is 0.415. The fraction of sp³-hybridized carbons (Fsp3) is 0.273. The largest absolute Gasteiger partial charge is 0.417 e. The number of nitrogens with one attached hydrogen (secondary N) is 3. The lowest BCUT2D eigenvalue weighted by Gasteiger charge is -2.24. The van der Waals surface area contributed by atoms with E-state index in [0.29, 0.717) is 17.3 Å². The molecular weight excluding hydrogens is 419 g/mol. The highest BCUT2D eigenvalue weighted by molar-refractivity contribution is 5.91. The van der Waals surface area contributed by atoms with Crippen molar-refractivity contribution in [1.82, 2.24) is 30.7 Å². The number of fused-ring (bicyclic) bond motifs is 1. The minimum Gasteiger partial charge on any atom is -0.321 e. The number of hydrogen-bond acceptors (Lipinski definition) is 6. The highest BCUT2D eigenvalue weighted by atomic mass is 19.4. The molecule has 1 aliphatic heterocycles. The van der Waals surface area contributed by atoms with Crippen molar-refractivity contribution in [1.29, 1.82) is 0 Å². The van der Waals surface area contributed by atoms with Crippen molar-refractivity contribution in [3.8, 4) is 11.4 Å². The van der Waals surface area contributed by atoms with Gasteiger partial charge in [0.25, 0.3) is 0 Å². The molecule has 3 heterocycles. The van der Waals surface area contributed by atoms with Gasteiger partial charge in [0.15, 0.2) is 17.5 Å². The molecule has 10 heteroatoms. The van der Waals surface area contributed by atoms with Gasteiger partial charge in [-0.1, -0.05) is 36.8 Å². The zero-order valence-electron chi connectivity index (χ0n) is 16.9. The Kier molecular flexibility index (Phi) is 5.22. The molecule has 2 aromatic heterocycles. The Morgan fingerprint density at radius 2 is 1.75 bits per heavy atom. The molecular formula is C22H20F3N7. The first-order chi connectivity index (χ1) is 15.5.